The van der Waals surface area contributed by atoms with Crippen LogP contribution in [-0.4, -0.2) is 17.7 Å². The summed E-state index contributed by atoms with van der Waals surface area (Å²) in [5, 5.41) is 8.46. The van der Waals surface area contributed by atoms with Gasteiger partial charge in [-0.2, -0.15) is 0 Å². The fourth-order valence-electron chi connectivity index (χ4n) is 4.49. The molecule has 3 amide bonds. The summed E-state index contributed by atoms with van der Waals surface area (Å²) in [6.07, 6.45) is 1.47. The van der Waals surface area contributed by atoms with E-state index < -0.39 is 22.9 Å². The highest BCUT2D eigenvalue weighted by atomic mass is 35.5. The molecule has 0 saturated heterocycles. The monoisotopic (exact) mass is 649 g/mol. The number of benzene rings is 5. The summed E-state index contributed by atoms with van der Waals surface area (Å²) in [4.78, 5) is 40.8. The number of carbonyl (C=O) groups excluding carboxylic acids is 3. The van der Waals surface area contributed by atoms with Gasteiger partial charge in [-0.3, -0.25) is 14.4 Å². The Balaban J connectivity index is 1.38. The molecular formula is C37H29ClFN3O3S. The van der Waals surface area contributed by atoms with E-state index in [0.717, 1.165) is 16.0 Å². The van der Waals surface area contributed by atoms with Crippen molar-refractivity contribution in [3.05, 3.63) is 166 Å². The largest absolute Gasteiger partial charge is 0.325 e. The standard InChI is InChI=1S/C37H29ClFN3O3S/c1-24-31(38)16-9-17-32(24)41-37(45)34(26-10-4-2-5-11-26)46-30-15-8-14-29(23-30)40-36(44)33(22-25-18-20-28(39)21-19-25)42-35(43)27-12-6-3-7-13-27/h2-23,34H,1H3,(H,40,44)(H,41,45)(H,42,43)/b33-22+. The van der Waals surface area contributed by atoms with Gasteiger partial charge >= 0.3 is 0 Å². The molecule has 0 saturated carbocycles. The van der Waals surface area contributed by atoms with Crippen molar-refractivity contribution in [2.45, 2.75) is 17.1 Å². The Morgan fingerprint density at radius 1 is 0.783 bits per heavy atom. The zero-order chi connectivity index (χ0) is 32.5. The van der Waals surface area contributed by atoms with Crippen LogP contribution >= 0.6 is 23.4 Å². The van der Waals surface area contributed by atoms with Crippen molar-refractivity contribution in [2.75, 3.05) is 10.6 Å². The first kappa shape index (κ1) is 32.2. The molecule has 0 fully saturated rings. The molecule has 9 heteroatoms. The van der Waals surface area contributed by atoms with Gasteiger partial charge in [0.15, 0.2) is 0 Å². The van der Waals surface area contributed by atoms with Crippen molar-refractivity contribution < 1.29 is 18.8 Å². The van der Waals surface area contributed by atoms with E-state index >= 15 is 0 Å². The zero-order valence-electron chi connectivity index (χ0n) is 24.7. The van der Waals surface area contributed by atoms with Crippen LogP contribution in [-0.2, 0) is 9.59 Å². The van der Waals surface area contributed by atoms with Crippen molar-refractivity contribution in [1.29, 1.82) is 0 Å². The van der Waals surface area contributed by atoms with E-state index in [-0.39, 0.29) is 11.6 Å². The SMILES string of the molecule is Cc1c(Cl)cccc1NC(=O)C(Sc1cccc(NC(=O)/C(=C\c2ccc(F)cc2)NC(=O)c2ccccc2)c1)c1ccccc1. The minimum atomic E-state index is -0.621. The molecule has 0 radical (unpaired) electrons. The lowest BCUT2D eigenvalue weighted by Gasteiger charge is -2.19. The topological polar surface area (TPSA) is 87.3 Å². The summed E-state index contributed by atoms with van der Waals surface area (Å²) in [5.74, 6) is -1.70. The Bertz CT molecular complexity index is 1880. The lowest BCUT2D eigenvalue weighted by atomic mass is 10.1. The maximum Gasteiger partial charge on any atom is 0.272 e. The summed E-state index contributed by atoms with van der Waals surface area (Å²) in [6, 6.07) is 35.9. The predicted octanol–water partition coefficient (Wildman–Crippen LogP) is 8.67. The zero-order valence-corrected chi connectivity index (χ0v) is 26.2. The number of hydrogen-bond donors (Lipinski definition) is 3. The second-order valence-corrected chi connectivity index (χ2v) is 11.8. The molecule has 0 bridgehead atoms. The molecule has 6 nitrogen and oxygen atoms in total. The first-order valence-corrected chi connectivity index (χ1v) is 15.6. The van der Waals surface area contributed by atoms with E-state index in [1.165, 1.54) is 42.1 Å². The molecule has 0 spiro atoms. The van der Waals surface area contributed by atoms with Gasteiger partial charge in [-0.1, -0.05) is 84.4 Å². The number of nitrogens with one attached hydrogen (secondary N) is 3. The lowest BCUT2D eigenvalue weighted by molar-refractivity contribution is -0.116. The van der Waals surface area contributed by atoms with Crippen LogP contribution in [0.25, 0.3) is 6.08 Å². The molecule has 46 heavy (non-hydrogen) atoms. The van der Waals surface area contributed by atoms with Crippen molar-refractivity contribution in [1.82, 2.24) is 5.32 Å². The van der Waals surface area contributed by atoms with Crippen molar-refractivity contribution in [3.8, 4) is 0 Å². The van der Waals surface area contributed by atoms with E-state index in [1.54, 1.807) is 66.7 Å². The van der Waals surface area contributed by atoms with Gasteiger partial charge in [-0.25, -0.2) is 4.39 Å². The highest BCUT2D eigenvalue weighted by Crippen LogP contribution is 2.38. The van der Waals surface area contributed by atoms with E-state index in [0.29, 0.717) is 27.5 Å². The van der Waals surface area contributed by atoms with Crippen molar-refractivity contribution >= 4 is 58.5 Å². The fraction of sp³-hybridized carbons (Fsp3) is 0.0541. The summed E-state index contributed by atoms with van der Waals surface area (Å²) < 4.78 is 13.5. The van der Waals surface area contributed by atoms with E-state index in [4.69, 9.17) is 11.6 Å². The Hall–Kier alpha value is -5.18. The molecule has 0 aliphatic heterocycles. The lowest BCUT2D eigenvalue weighted by Crippen LogP contribution is -2.30. The Morgan fingerprint density at radius 2 is 1.46 bits per heavy atom. The predicted molar refractivity (Wildman–Crippen MR) is 183 cm³/mol. The quantitative estimate of drug-likeness (QED) is 0.104. The Kier molecular flexibility index (Phi) is 10.7. The average molecular weight is 650 g/mol. The Morgan fingerprint density at radius 3 is 2.17 bits per heavy atom. The highest BCUT2D eigenvalue weighted by molar-refractivity contribution is 8.00. The van der Waals surface area contributed by atoms with Gasteiger partial charge in [0.1, 0.15) is 16.8 Å². The first-order chi connectivity index (χ1) is 22.3. The number of amides is 3. The minimum Gasteiger partial charge on any atom is -0.325 e. The third kappa shape index (κ3) is 8.50. The molecule has 5 aromatic rings. The number of carbonyl (C=O) groups is 3. The molecule has 0 heterocycles. The number of hydrogen-bond acceptors (Lipinski definition) is 4. The molecule has 5 aromatic carbocycles. The molecule has 3 N–H and O–H groups in total. The van der Waals surface area contributed by atoms with Gasteiger partial charge in [0, 0.05) is 26.9 Å². The smallest absolute Gasteiger partial charge is 0.272 e. The third-order valence-corrected chi connectivity index (χ3v) is 8.58. The summed E-state index contributed by atoms with van der Waals surface area (Å²) in [7, 11) is 0. The molecule has 1 unspecified atom stereocenters. The van der Waals surface area contributed by atoms with E-state index in [2.05, 4.69) is 16.0 Å². The maximum absolute atomic E-state index is 13.6. The van der Waals surface area contributed by atoms with Crippen LogP contribution in [0.15, 0.2) is 138 Å². The normalized spacial score (nSPS) is 11.8. The average Bonchev–Trinajstić information content (AvgIpc) is 3.07. The highest BCUT2D eigenvalue weighted by Gasteiger charge is 2.23. The van der Waals surface area contributed by atoms with Gasteiger partial charge in [-0.05, 0) is 84.3 Å². The third-order valence-electron chi connectivity index (χ3n) is 6.92. The summed E-state index contributed by atoms with van der Waals surface area (Å²) >= 11 is 7.61. The summed E-state index contributed by atoms with van der Waals surface area (Å²) in [6.45, 7) is 1.84. The van der Waals surface area contributed by atoms with Gasteiger partial charge in [0.2, 0.25) is 5.91 Å². The van der Waals surface area contributed by atoms with Crippen LogP contribution in [0.2, 0.25) is 5.02 Å². The number of halogens is 2. The van der Waals surface area contributed by atoms with Crippen LogP contribution in [0.4, 0.5) is 15.8 Å². The van der Waals surface area contributed by atoms with Crippen LogP contribution < -0.4 is 16.0 Å². The van der Waals surface area contributed by atoms with Gasteiger partial charge in [-0.15, -0.1) is 11.8 Å². The van der Waals surface area contributed by atoms with E-state index in [1.807, 2.05) is 43.3 Å². The van der Waals surface area contributed by atoms with Crippen LogP contribution in [0, 0.1) is 12.7 Å². The van der Waals surface area contributed by atoms with Gasteiger partial charge in [0.25, 0.3) is 11.8 Å². The van der Waals surface area contributed by atoms with Crippen LogP contribution in [0.5, 0.6) is 0 Å². The van der Waals surface area contributed by atoms with E-state index in [9.17, 15) is 18.8 Å². The number of anilines is 2. The number of rotatable bonds is 10. The van der Waals surface area contributed by atoms with Crippen LogP contribution in [0.1, 0.15) is 32.3 Å². The summed E-state index contributed by atoms with van der Waals surface area (Å²) in [5.41, 5.74) is 3.50. The first-order valence-electron chi connectivity index (χ1n) is 14.3. The second kappa shape index (κ2) is 15.2. The molecular weight excluding hydrogens is 621 g/mol. The molecule has 1 atom stereocenters. The van der Waals surface area contributed by atoms with Gasteiger partial charge < -0.3 is 16.0 Å². The maximum atomic E-state index is 13.6. The number of thioether (sulfide) groups is 1. The van der Waals surface area contributed by atoms with Gasteiger partial charge in [0.05, 0.1) is 0 Å². The molecule has 5 rings (SSSR count). The molecule has 0 aromatic heterocycles. The Labute approximate surface area is 275 Å². The van der Waals surface area contributed by atoms with Crippen LogP contribution in [0.3, 0.4) is 0 Å². The second-order valence-electron chi connectivity index (χ2n) is 10.2. The minimum absolute atomic E-state index is 0.0306. The molecule has 230 valence electrons. The van der Waals surface area contributed by atoms with Crippen molar-refractivity contribution in [3.63, 3.8) is 0 Å². The molecule has 0 aliphatic rings. The van der Waals surface area contributed by atoms with Crippen molar-refractivity contribution in [2.24, 2.45) is 0 Å². The molecule has 0 aliphatic carbocycles. The fourth-order valence-corrected chi connectivity index (χ4v) is 5.75.